The normalized spacial score (nSPS) is 36.1. The number of nitrogens with zero attached hydrogens (tertiary/aromatic N) is 1. The Morgan fingerprint density at radius 3 is 2.74 bits per heavy atom. The van der Waals surface area contributed by atoms with Gasteiger partial charge >= 0.3 is 12.1 Å². The van der Waals surface area contributed by atoms with E-state index < -0.39 is 29.0 Å². The molecule has 0 aromatic rings. The first kappa shape index (κ1) is 14.9. The topological polar surface area (TPSA) is 38.8 Å². The van der Waals surface area contributed by atoms with E-state index in [1.165, 1.54) is 18.3 Å². The number of hydrogen-bond donors (Lipinski definition) is 0. The Bertz CT molecular complexity index is 366. The third-order valence-corrected chi connectivity index (χ3v) is 5.18. The Hall–Kier alpha value is -0.470. The van der Waals surface area contributed by atoms with E-state index >= 15 is 0 Å². The highest BCUT2D eigenvalue weighted by molar-refractivity contribution is 8.00. The molecular formula is C11H16F3NO3S. The number of alkyl halides is 3. The summed E-state index contributed by atoms with van der Waals surface area (Å²) in [5.74, 6) is -1.39. The summed E-state index contributed by atoms with van der Waals surface area (Å²) in [6.07, 6.45) is -3.25. The van der Waals surface area contributed by atoms with Gasteiger partial charge in [-0.1, -0.05) is 0 Å². The van der Waals surface area contributed by atoms with Crippen molar-refractivity contribution in [3.63, 3.8) is 0 Å². The van der Waals surface area contributed by atoms with Gasteiger partial charge in [0.05, 0.1) is 26.2 Å². The number of hydrogen-bond acceptors (Lipinski definition) is 5. The zero-order valence-electron chi connectivity index (χ0n) is 10.7. The molecule has 0 aliphatic carbocycles. The molecule has 19 heavy (non-hydrogen) atoms. The van der Waals surface area contributed by atoms with Crippen molar-refractivity contribution in [1.29, 1.82) is 0 Å². The number of thioether (sulfide) groups is 1. The van der Waals surface area contributed by atoms with Gasteiger partial charge in [-0.05, 0) is 12.7 Å². The van der Waals surface area contributed by atoms with Crippen LogP contribution in [-0.2, 0) is 14.3 Å². The molecule has 2 rings (SSSR count). The highest BCUT2D eigenvalue weighted by atomic mass is 32.2. The number of carbonyl (C=O) groups is 1. The maximum absolute atomic E-state index is 13.5. The molecule has 0 amide bonds. The van der Waals surface area contributed by atoms with Gasteiger partial charge in [-0.2, -0.15) is 13.2 Å². The molecule has 0 bridgehead atoms. The van der Waals surface area contributed by atoms with Crippen LogP contribution in [0.25, 0.3) is 0 Å². The number of carbonyl (C=O) groups excluding carboxylic acids is 1. The van der Waals surface area contributed by atoms with Crippen LogP contribution in [0.5, 0.6) is 0 Å². The standard InChI is InChI=1S/C11H16F3NO3S/c1-17-9(16)7-5-10(19-2,11(12,13)14)15-3-4-18-6-8(7)15/h7-8H,3-6H2,1-2H3/t7-,8-,10+/m1/s1. The number of esters is 1. The van der Waals surface area contributed by atoms with E-state index in [1.807, 2.05) is 0 Å². The van der Waals surface area contributed by atoms with Gasteiger partial charge in [0, 0.05) is 12.6 Å². The molecule has 0 saturated carbocycles. The van der Waals surface area contributed by atoms with Gasteiger partial charge in [0.1, 0.15) is 0 Å². The molecule has 2 heterocycles. The molecule has 4 nitrogen and oxygen atoms in total. The third-order valence-electron chi connectivity index (χ3n) is 3.88. The van der Waals surface area contributed by atoms with Gasteiger partial charge in [0.15, 0.2) is 4.87 Å². The lowest BCUT2D eigenvalue weighted by molar-refractivity contribution is -0.200. The zero-order valence-corrected chi connectivity index (χ0v) is 11.5. The summed E-state index contributed by atoms with van der Waals surface area (Å²) in [7, 11) is 1.20. The minimum atomic E-state index is -4.40. The number of methoxy groups -OCH3 is 1. The first-order valence-electron chi connectivity index (χ1n) is 5.91. The average molecular weight is 299 g/mol. The van der Waals surface area contributed by atoms with Crippen LogP contribution in [0.2, 0.25) is 0 Å². The van der Waals surface area contributed by atoms with Crippen molar-refractivity contribution in [3.05, 3.63) is 0 Å². The Morgan fingerprint density at radius 1 is 1.53 bits per heavy atom. The second kappa shape index (κ2) is 5.14. The molecule has 110 valence electrons. The van der Waals surface area contributed by atoms with Gasteiger partial charge in [0.2, 0.25) is 0 Å². The smallest absolute Gasteiger partial charge is 0.416 e. The van der Waals surface area contributed by atoms with E-state index in [0.717, 1.165) is 11.8 Å². The van der Waals surface area contributed by atoms with Gasteiger partial charge in [-0.25, -0.2) is 0 Å². The van der Waals surface area contributed by atoms with Crippen molar-refractivity contribution in [2.45, 2.75) is 23.5 Å². The van der Waals surface area contributed by atoms with Crippen LogP contribution in [0.15, 0.2) is 0 Å². The quantitative estimate of drug-likeness (QED) is 0.723. The third kappa shape index (κ3) is 2.23. The van der Waals surface area contributed by atoms with Crippen LogP contribution in [0.4, 0.5) is 13.2 Å². The lowest BCUT2D eigenvalue weighted by Crippen LogP contribution is -2.58. The average Bonchev–Trinajstić information content (AvgIpc) is 2.73. The molecular weight excluding hydrogens is 283 g/mol. The molecule has 3 atom stereocenters. The Labute approximate surface area is 113 Å². The van der Waals surface area contributed by atoms with Gasteiger partial charge in [0.25, 0.3) is 0 Å². The van der Waals surface area contributed by atoms with Gasteiger partial charge in [-0.15, -0.1) is 11.8 Å². The van der Waals surface area contributed by atoms with Crippen LogP contribution in [0.3, 0.4) is 0 Å². The minimum absolute atomic E-state index is 0.137. The summed E-state index contributed by atoms with van der Waals surface area (Å²) in [6, 6.07) is -0.560. The van der Waals surface area contributed by atoms with Gasteiger partial charge < -0.3 is 9.47 Å². The molecule has 2 aliphatic rings. The van der Waals surface area contributed by atoms with Gasteiger partial charge in [-0.3, -0.25) is 9.69 Å². The first-order chi connectivity index (χ1) is 8.87. The number of rotatable bonds is 2. The first-order valence-corrected chi connectivity index (χ1v) is 7.14. The van der Waals surface area contributed by atoms with E-state index in [2.05, 4.69) is 4.74 Å². The SMILES string of the molecule is COC(=O)[C@@H]1C[C@](SC)(C(F)(F)F)N2CCOC[C@H]12. The Balaban J connectivity index is 2.38. The van der Waals surface area contributed by atoms with E-state index in [0.29, 0.717) is 0 Å². The van der Waals surface area contributed by atoms with Crippen LogP contribution >= 0.6 is 11.8 Å². The number of fused-ring (bicyclic) bond motifs is 1. The van der Waals surface area contributed by atoms with E-state index in [9.17, 15) is 18.0 Å². The number of ether oxygens (including phenoxy) is 2. The summed E-state index contributed by atoms with van der Waals surface area (Å²) in [5.41, 5.74) is 0. The summed E-state index contributed by atoms with van der Waals surface area (Å²) in [4.78, 5) is 11.1. The minimum Gasteiger partial charge on any atom is -0.469 e. The molecule has 0 aromatic carbocycles. The largest absolute Gasteiger partial charge is 0.469 e. The van der Waals surface area contributed by atoms with E-state index in [4.69, 9.17) is 4.74 Å². The van der Waals surface area contributed by atoms with E-state index in [1.54, 1.807) is 0 Å². The molecule has 0 aromatic heterocycles. The fourth-order valence-electron chi connectivity index (χ4n) is 2.94. The van der Waals surface area contributed by atoms with Crippen LogP contribution in [0.1, 0.15) is 6.42 Å². The predicted octanol–water partition coefficient (Wildman–Crippen LogP) is 1.50. The molecule has 2 fully saturated rings. The van der Waals surface area contributed by atoms with Crippen molar-refractivity contribution < 1.29 is 27.4 Å². The van der Waals surface area contributed by atoms with Crippen LogP contribution < -0.4 is 0 Å². The van der Waals surface area contributed by atoms with Crippen molar-refractivity contribution >= 4 is 17.7 Å². The monoisotopic (exact) mass is 299 g/mol. The van der Waals surface area contributed by atoms with Crippen molar-refractivity contribution in [1.82, 2.24) is 4.90 Å². The fourth-order valence-corrected chi connectivity index (χ4v) is 3.98. The zero-order chi connectivity index (χ0) is 14.3. The lowest BCUT2D eigenvalue weighted by Gasteiger charge is -2.42. The Kier molecular flexibility index (Phi) is 4.04. The second-order valence-electron chi connectivity index (χ2n) is 4.66. The van der Waals surface area contributed by atoms with Crippen molar-refractivity contribution in [2.24, 2.45) is 5.92 Å². The summed E-state index contributed by atoms with van der Waals surface area (Å²) in [6.45, 7) is 0.569. The predicted molar refractivity (Wildman–Crippen MR) is 63.7 cm³/mol. The van der Waals surface area contributed by atoms with E-state index in [-0.39, 0.29) is 26.2 Å². The van der Waals surface area contributed by atoms with Crippen LogP contribution in [-0.4, -0.2) is 61.1 Å². The number of halogens is 3. The molecule has 0 spiro atoms. The highest BCUT2D eigenvalue weighted by Gasteiger charge is 2.67. The molecule has 2 saturated heterocycles. The fraction of sp³-hybridized carbons (Fsp3) is 0.909. The second-order valence-corrected chi connectivity index (χ2v) is 5.74. The Morgan fingerprint density at radius 2 is 2.21 bits per heavy atom. The van der Waals surface area contributed by atoms with Crippen molar-refractivity contribution in [2.75, 3.05) is 33.1 Å². The molecule has 0 N–H and O–H groups in total. The highest BCUT2D eigenvalue weighted by Crippen LogP contribution is 2.54. The molecule has 2 aliphatic heterocycles. The number of morpholine rings is 1. The van der Waals surface area contributed by atoms with Crippen LogP contribution in [0, 0.1) is 5.92 Å². The molecule has 0 unspecified atom stereocenters. The lowest BCUT2D eigenvalue weighted by atomic mass is 9.99. The van der Waals surface area contributed by atoms with Crippen molar-refractivity contribution in [3.8, 4) is 0 Å². The maximum Gasteiger partial charge on any atom is 0.416 e. The maximum atomic E-state index is 13.5. The summed E-state index contributed by atoms with van der Waals surface area (Å²) in [5, 5.41) is 0. The molecule has 0 radical (unpaired) electrons. The molecule has 8 heteroatoms. The summed E-state index contributed by atoms with van der Waals surface area (Å²) < 4.78 is 50.3. The summed E-state index contributed by atoms with van der Waals surface area (Å²) >= 11 is 0.742.